The number of hydrogen-bond acceptors (Lipinski definition) is 6. The molecule has 0 aromatic carbocycles. The lowest BCUT2D eigenvalue weighted by Gasteiger charge is -2.56. The highest BCUT2D eigenvalue weighted by Gasteiger charge is 2.63. The van der Waals surface area contributed by atoms with E-state index in [1.165, 1.54) is 38.4 Å². The lowest BCUT2D eigenvalue weighted by molar-refractivity contribution is -0.129. The SMILES string of the molecule is Cc1cc([N+]2(C3C4CC5CC(C4)CC3C5)N=C(C(=O)O)c3c(N)ncnc32)n[nH]1. The third-order valence-electron chi connectivity index (χ3n) is 7.53. The number of aryl methyl sites for hydroxylation is 1. The second kappa shape index (κ2) is 5.63. The number of carboxylic acid groups (broad SMARTS) is 1. The van der Waals surface area contributed by atoms with Crippen molar-refractivity contribution in [1.82, 2.24) is 24.8 Å². The van der Waals surface area contributed by atoms with Crippen LogP contribution < -0.4 is 10.3 Å². The first-order valence-electron chi connectivity index (χ1n) is 10.3. The van der Waals surface area contributed by atoms with Crippen LogP contribution in [0.2, 0.25) is 0 Å². The second-order valence-corrected chi connectivity index (χ2v) is 9.23. The van der Waals surface area contributed by atoms with Crippen LogP contribution in [0.3, 0.4) is 0 Å². The van der Waals surface area contributed by atoms with Crippen molar-refractivity contribution in [1.29, 1.82) is 0 Å². The van der Waals surface area contributed by atoms with E-state index in [1.54, 1.807) is 0 Å². The fourth-order valence-electron chi connectivity index (χ4n) is 6.89. The zero-order valence-electron chi connectivity index (χ0n) is 16.2. The summed E-state index contributed by atoms with van der Waals surface area (Å²) in [6.07, 6.45) is 7.46. The molecule has 3 heterocycles. The first kappa shape index (κ1) is 17.1. The van der Waals surface area contributed by atoms with E-state index in [2.05, 4.69) is 20.2 Å². The van der Waals surface area contributed by atoms with Crippen LogP contribution in [0.5, 0.6) is 0 Å². The Hall–Kier alpha value is -2.81. The molecular formula is C20H24N7O2+. The second-order valence-electron chi connectivity index (χ2n) is 9.23. The number of hydrogen-bond donors (Lipinski definition) is 3. The average Bonchev–Trinajstić information content (AvgIpc) is 3.24. The molecule has 9 nitrogen and oxygen atoms in total. The van der Waals surface area contributed by atoms with Gasteiger partial charge in [-0.15, -0.1) is 5.10 Å². The minimum absolute atomic E-state index is 0.00278. The zero-order valence-corrected chi connectivity index (χ0v) is 16.2. The van der Waals surface area contributed by atoms with Gasteiger partial charge in [-0.1, -0.05) is 9.69 Å². The number of nitrogens with zero attached hydrogens (tertiary/aromatic N) is 5. The Balaban J connectivity index is 1.64. The number of carbonyl (C=O) groups is 1. The molecular weight excluding hydrogens is 370 g/mol. The van der Waals surface area contributed by atoms with Crippen molar-refractivity contribution >= 4 is 29.1 Å². The van der Waals surface area contributed by atoms with Gasteiger partial charge in [-0.3, -0.25) is 5.10 Å². The van der Waals surface area contributed by atoms with Crippen LogP contribution in [0, 0.1) is 30.6 Å². The van der Waals surface area contributed by atoms with Gasteiger partial charge >= 0.3 is 5.97 Å². The number of nitrogens with one attached hydrogen (secondary N) is 1. The fraction of sp³-hybridized carbons (Fsp3) is 0.550. The summed E-state index contributed by atoms with van der Waals surface area (Å²) in [5, 5.41) is 22.4. The van der Waals surface area contributed by atoms with E-state index in [0.717, 1.165) is 17.5 Å². The van der Waals surface area contributed by atoms with E-state index in [1.807, 2.05) is 13.0 Å². The van der Waals surface area contributed by atoms with E-state index >= 15 is 0 Å². The van der Waals surface area contributed by atoms with Crippen LogP contribution in [-0.4, -0.2) is 43.0 Å². The number of aromatic amines is 1. The molecule has 4 saturated carbocycles. The summed E-state index contributed by atoms with van der Waals surface area (Å²) in [5.41, 5.74) is 7.33. The highest BCUT2D eigenvalue weighted by atomic mass is 16.4. The molecule has 1 atom stereocenters. The predicted molar refractivity (Wildman–Crippen MR) is 106 cm³/mol. The van der Waals surface area contributed by atoms with Crippen molar-refractivity contribution in [2.45, 2.75) is 45.1 Å². The van der Waals surface area contributed by atoms with Gasteiger partial charge in [0.25, 0.3) is 11.6 Å². The molecule has 1 aliphatic heterocycles. The Morgan fingerprint density at radius 2 is 1.86 bits per heavy atom. The first-order chi connectivity index (χ1) is 14.0. The standard InChI is InChI=1S/C20H23N7O2/c1-9-2-14(25-24-9)27(17-12-4-10-3-11(6-12)7-13(17)5-10)19-15(16(26-27)20(28)29)18(21)22-8-23-19/h2,8,10-13,17H,3-7H2,1H3,(H3-,21,22,23,24,25,26,28,29)/p+1. The van der Waals surface area contributed by atoms with Gasteiger partial charge in [-0.25, -0.2) is 9.78 Å². The molecule has 2 aromatic heterocycles. The highest BCUT2D eigenvalue weighted by molar-refractivity contribution is 6.45. The smallest absolute Gasteiger partial charge is 0.361 e. The Kier molecular flexibility index (Phi) is 3.31. The van der Waals surface area contributed by atoms with Crippen molar-refractivity contribution < 1.29 is 9.90 Å². The first-order valence-corrected chi connectivity index (χ1v) is 10.3. The number of carboxylic acids is 1. The zero-order chi connectivity index (χ0) is 19.9. The van der Waals surface area contributed by atoms with Crippen LogP contribution in [0.1, 0.15) is 43.4 Å². The molecule has 0 radical (unpaired) electrons. The molecule has 2 aromatic rings. The predicted octanol–water partition coefficient (Wildman–Crippen LogP) is 2.36. The minimum Gasteiger partial charge on any atom is -0.476 e. The number of rotatable bonds is 3. The Labute approximate surface area is 167 Å². The maximum atomic E-state index is 12.1. The topological polar surface area (TPSA) is 130 Å². The third kappa shape index (κ3) is 2.16. The van der Waals surface area contributed by atoms with E-state index in [-0.39, 0.29) is 22.2 Å². The van der Waals surface area contributed by atoms with Crippen LogP contribution in [-0.2, 0) is 4.79 Å². The number of nitrogen functional groups attached to an aromatic ring is 1. The van der Waals surface area contributed by atoms with Crippen molar-refractivity contribution in [2.24, 2.45) is 28.8 Å². The number of H-pyrrole nitrogens is 1. The summed E-state index contributed by atoms with van der Waals surface area (Å²) in [6, 6.07) is 2.08. The maximum Gasteiger partial charge on any atom is 0.361 e. The molecule has 4 fully saturated rings. The average molecular weight is 394 g/mol. The number of anilines is 1. The van der Waals surface area contributed by atoms with Gasteiger partial charge < -0.3 is 10.8 Å². The molecule has 4 aliphatic carbocycles. The molecule has 5 aliphatic rings. The van der Waals surface area contributed by atoms with Gasteiger partial charge in [-0.05, 0) is 50.9 Å². The van der Waals surface area contributed by atoms with Crippen LogP contribution in [0.25, 0.3) is 0 Å². The van der Waals surface area contributed by atoms with Crippen LogP contribution >= 0.6 is 0 Å². The largest absolute Gasteiger partial charge is 0.476 e. The number of fused-ring (bicyclic) bond motifs is 1. The van der Waals surface area contributed by atoms with Gasteiger partial charge in [0.1, 0.15) is 23.8 Å². The van der Waals surface area contributed by atoms with Gasteiger partial charge in [0, 0.05) is 23.6 Å². The summed E-state index contributed by atoms with van der Waals surface area (Å²) in [5.74, 6) is 2.82. The van der Waals surface area contributed by atoms with Crippen LogP contribution in [0.4, 0.5) is 17.5 Å². The van der Waals surface area contributed by atoms with Crippen molar-refractivity contribution in [3.8, 4) is 0 Å². The normalized spacial score (nSPS) is 36.9. The molecule has 0 amide bonds. The van der Waals surface area contributed by atoms with Crippen molar-refractivity contribution in [3.05, 3.63) is 23.7 Å². The molecule has 9 heteroatoms. The third-order valence-corrected chi connectivity index (χ3v) is 7.53. The molecule has 150 valence electrons. The van der Waals surface area contributed by atoms with Crippen molar-refractivity contribution in [3.63, 3.8) is 0 Å². The quantitative estimate of drug-likeness (QED) is 0.685. The van der Waals surface area contributed by atoms with E-state index in [0.29, 0.717) is 29.0 Å². The number of nitrogens with two attached hydrogens (primary N) is 1. The lowest BCUT2D eigenvalue weighted by Crippen LogP contribution is -2.62. The lowest BCUT2D eigenvalue weighted by atomic mass is 9.53. The Bertz CT molecular complexity index is 1030. The van der Waals surface area contributed by atoms with E-state index in [4.69, 9.17) is 10.8 Å². The van der Waals surface area contributed by atoms with E-state index < -0.39 is 5.97 Å². The number of quaternary nitrogens is 1. The summed E-state index contributed by atoms with van der Waals surface area (Å²) < 4.78 is 0.00278. The van der Waals surface area contributed by atoms with Gasteiger partial charge in [0.15, 0.2) is 0 Å². The van der Waals surface area contributed by atoms with Gasteiger partial charge in [0.05, 0.1) is 0 Å². The summed E-state index contributed by atoms with van der Waals surface area (Å²) in [7, 11) is 0. The molecule has 4 bridgehead atoms. The van der Waals surface area contributed by atoms with E-state index in [9.17, 15) is 9.90 Å². The fourth-order valence-corrected chi connectivity index (χ4v) is 6.89. The molecule has 1 unspecified atom stereocenters. The Morgan fingerprint density at radius 1 is 1.17 bits per heavy atom. The number of aromatic nitrogens is 4. The van der Waals surface area contributed by atoms with Crippen LogP contribution in [0.15, 0.2) is 17.5 Å². The summed E-state index contributed by atoms with van der Waals surface area (Å²) >= 11 is 0. The highest BCUT2D eigenvalue weighted by Crippen LogP contribution is 2.60. The van der Waals surface area contributed by atoms with Crippen molar-refractivity contribution in [2.75, 3.05) is 5.73 Å². The molecule has 7 rings (SSSR count). The monoisotopic (exact) mass is 394 g/mol. The molecule has 0 saturated heterocycles. The summed E-state index contributed by atoms with van der Waals surface area (Å²) in [6.45, 7) is 1.94. The number of aliphatic carboxylic acids is 1. The minimum atomic E-state index is -1.11. The summed E-state index contributed by atoms with van der Waals surface area (Å²) in [4.78, 5) is 20.8. The molecule has 0 spiro atoms. The maximum absolute atomic E-state index is 12.1. The van der Waals surface area contributed by atoms with Gasteiger partial charge in [0.2, 0.25) is 5.71 Å². The van der Waals surface area contributed by atoms with Gasteiger partial charge in [-0.2, -0.15) is 4.98 Å². The molecule has 29 heavy (non-hydrogen) atoms. The molecule has 4 N–H and O–H groups in total. The Morgan fingerprint density at radius 3 is 2.45 bits per heavy atom.